The van der Waals surface area contributed by atoms with E-state index in [1.165, 1.54) is 16.7 Å². The first-order chi connectivity index (χ1) is 18.8. The number of anilines is 1. The molecule has 2 N–H and O–H groups in total. The molecule has 0 bridgehead atoms. The van der Waals surface area contributed by atoms with Crippen molar-refractivity contribution in [1.29, 1.82) is 0 Å². The van der Waals surface area contributed by atoms with Gasteiger partial charge in [0.15, 0.2) is 0 Å². The number of amides is 2. The Kier molecular flexibility index (Phi) is 9.43. The van der Waals surface area contributed by atoms with Gasteiger partial charge in [0.05, 0.1) is 16.6 Å². The van der Waals surface area contributed by atoms with E-state index < -0.39 is 29.5 Å². The molecule has 4 rings (SSSR count). The SMILES string of the molecule is O=C(CCCCn1c(=O)c2ccccc2n(CC(=O)Nc2ccc(Br)cc2F)c1=O)NCCc1ccccc1. The van der Waals surface area contributed by atoms with Gasteiger partial charge >= 0.3 is 5.69 Å². The van der Waals surface area contributed by atoms with Crippen LogP contribution in [0.4, 0.5) is 10.1 Å². The van der Waals surface area contributed by atoms with Gasteiger partial charge in [-0.15, -0.1) is 0 Å². The van der Waals surface area contributed by atoms with Gasteiger partial charge in [0.1, 0.15) is 12.4 Å². The summed E-state index contributed by atoms with van der Waals surface area (Å²) in [5.74, 6) is -1.32. The van der Waals surface area contributed by atoms with Crippen LogP contribution in [0.5, 0.6) is 0 Å². The largest absolute Gasteiger partial charge is 0.356 e. The zero-order valence-electron chi connectivity index (χ0n) is 21.2. The first-order valence-electron chi connectivity index (χ1n) is 12.6. The van der Waals surface area contributed by atoms with Gasteiger partial charge in [0.2, 0.25) is 11.8 Å². The summed E-state index contributed by atoms with van der Waals surface area (Å²) in [5.41, 5.74) is 0.334. The molecule has 1 aromatic heterocycles. The normalized spacial score (nSPS) is 10.9. The van der Waals surface area contributed by atoms with E-state index in [1.807, 2.05) is 30.3 Å². The highest BCUT2D eigenvalue weighted by Gasteiger charge is 2.16. The van der Waals surface area contributed by atoms with Crippen LogP contribution in [0.1, 0.15) is 24.8 Å². The van der Waals surface area contributed by atoms with Gasteiger partial charge in [-0.1, -0.05) is 58.4 Å². The van der Waals surface area contributed by atoms with Crippen molar-refractivity contribution in [3.63, 3.8) is 0 Å². The fraction of sp³-hybridized carbons (Fsp3) is 0.241. The number of fused-ring (bicyclic) bond motifs is 1. The summed E-state index contributed by atoms with van der Waals surface area (Å²) >= 11 is 3.17. The van der Waals surface area contributed by atoms with Gasteiger partial charge in [0.25, 0.3) is 5.56 Å². The van der Waals surface area contributed by atoms with Gasteiger partial charge in [-0.3, -0.25) is 23.5 Å². The maximum absolute atomic E-state index is 14.2. The third-order valence-electron chi connectivity index (χ3n) is 6.25. The zero-order chi connectivity index (χ0) is 27.8. The van der Waals surface area contributed by atoms with Crippen molar-refractivity contribution >= 4 is 44.3 Å². The number of hydrogen-bond acceptors (Lipinski definition) is 4. The Hall–Kier alpha value is -4.05. The summed E-state index contributed by atoms with van der Waals surface area (Å²) in [7, 11) is 0. The monoisotopic (exact) mass is 594 g/mol. The van der Waals surface area contributed by atoms with E-state index in [0.717, 1.165) is 16.6 Å². The molecule has 2 amide bonds. The molecular weight excluding hydrogens is 567 g/mol. The summed E-state index contributed by atoms with van der Waals surface area (Å²) in [5, 5.41) is 5.65. The average molecular weight is 595 g/mol. The second-order valence-corrected chi connectivity index (χ2v) is 9.97. The Morgan fingerprint density at radius 2 is 1.62 bits per heavy atom. The minimum Gasteiger partial charge on any atom is -0.356 e. The number of halogens is 2. The second kappa shape index (κ2) is 13.1. The van der Waals surface area contributed by atoms with Crippen LogP contribution in [0.25, 0.3) is 10.9 Å². The first-order valence-corrected chi connectivity index (χ1v) is 13.4. The number of hydrogen-bond donors (Lipinski definition) is 2. The van der Waals surface area contributed by atoms with Gasteiger partial charge in [-0.25, -0.2) is 9.18 Å². The number of aromatic nitrogens is 2. The lowest BCUT2D eigenvalue weighted by Crippen LogP contribution is -2.41. The number of rotatable bonds is 11. The van der Waals surface area contributed by atoms with Gasteiger partial charge < -0.3 is 10.6 Å². The first kappa shape index (κ1) is 28.0. The van der Waals surface area contributed by atoms with Gasteiger partial charge in [-0.05, 0) is 55.2 Å². The molecule has 0 atom stereocenters. The van der Waals surface area contributed by atoms with Crippen LogP contribution in [-0.4, -0.2) is 27.5 Å². The molecule has 202 valence electrons. The van der Waals surface area contributed by atoms with Crippen molar-refractivity contribution in [3.8, 4) is 0 Å². The number of para-hydroxylation sites is 1. The molecule has 0 saturated carbocycles. The summed E-state index contributed by atoms with van der Waals surface area (Å²) in [6.45, 7) is 0.228. The van der Waals surface area contributed by atoms with E-state index in [2.05, 4.69) is 26.6 Å². The van der Waals surface area contributed by atoms with E-state index in [9.17, 15) is 23.6 Å². The number of benzene rings is 3. The Labute approximate surface area is 232 Å². The van der Waals surface area contributed by atoms with Crippen molar-refractivity contribution in [3.05, 3.63) is 109 Å². The lowest BCUT2D eigenvalue weighted by molar-refractivity contribution is -0.121. The van der Waals surface area contributed by atoms with Crippen LogP contribution in [0.3, 0.4) is 0 Å². The lowest BCUT2D eigenvalue weighted by Gasteiger charge is -2.14. The maximum atomic E-state index is 14.2. The predicted molar refractivity (Wildman–Crippen MR) is 152 cm³/mol. The minimum absolute atomic E-state index is 0.0177. The van der Waals surface area contributed by atoms with Crippen LogP contribution in [-0.2, 0) is 29.1 Å². The molecular formula is C29H28BrFN4O4. The van der Waals surface area contributed by atoms with Crippen LogP contribution >= 0.6 is 15.9 Å². The Morgan fingerprint density at radius 1 is 0.872 bits per heavy atom. The molecule has 4 aromatic rings. The van der Waals surface area contributed by atoms with Gasteiger partial charge in [0, 0.05) is 24.0 Å². The van der Waals surface area contributed by atoms with Crippen LogP contribution in [0, 0.1) is 5.82 Å². The van der Waals surface area contributed by atoms with Crippen molar-refractivity contribution in [2.24, 2.45) is 0 Å². The average Bonchev–Trinajstić information content (AvgIpc) is 2.93. The summed E-state index contributed by atoms with van der Waals surface area (Å²) in [4.78, 5) is 51.3. The van der Waals surface area contributed by atoms with Crippen molar-refractivity contribution in [2.45, 2.75) is 38.8 Å². The number of unbranched alkanes of at least 4 members (excludes halogenated alkanes) is 1. The standard InChI is InChI=1S/C29H28BrFN4O4/c30-21-13-14-24(23(31)18-21)33-27(37)19-35-25-11-5-4-10-22(25)28(38)34(29(35)39)17-7-6-12-26(36)32-16-15-20-8-2-1-3-9-20/h1-5,8-11,13-14,18H,6-7,12,15-17,19H2,(H,32,36)(H,33,37). The van der Waals surface area contributed by atoms with Crippen LogP contribution in [0.15, 0.2) is 86.9 Å². The van der Waals surface area contributed by atoms with E-state index in [1.54, 1.807) is 30.3 Å². The number of nitrogens with zero attached hydrogens (tertiary/aromatic N) is 2. The topological polar surface area (TPSA) is 102 Å². The number of carbonyl (C=O) groups is 2. The molecule has 0 unspecified atom stereocenters. The molecule has 0 aliphatic heterocycles. The Balaban J connectivity index is 1.40. The van der Waals surface area contributed by atoms with Crippen molar-refractivity contribution in [1.82, 2.24) is 14.5 Å². The van der Waals surface area contributed by atoms with E-state index in [0.29, 0.717) is 34.8 Å². The zero-order valence-corrected chi connectivity index (χ0v) is 22.7. The fourth-order valence-electron chi connectivity index (χ4n) is 4.28. The second-order valence-electron chi connectivity index (χ2n) is 9.06. The molecule has 39 heavy (non-hydrogen) atoms. The molecule has 1 heterocycles. The quantitative estimate of drug-likeness (QED) is 0.254. The van der Waals surface area contributed by atoms with Crippen molar-refractivity contribution in [2.75, 3.05) is 11.9 Å². The van der Waals surface area contributed by atoms with Crippen molar-refractivity contribution < 1.29 is 14.0 Å². The molecule has 0 saturated heterocycles. The smallest absolute Gasteiger partial charge is 0.331 e. The molecule has 0 fully saturated rings. The van der Waals surface area contributed by atoms with Crippen LogP contribution in [0.2, 0.25) is 0 Å². The Morgan fingerprint density at radius 3 is 2.38 bits per heavy atom. The number of nitrogens with one attached hydrogen (secondary N) is 2. The molecule has 0 spiro atoms. The molecule has 3 aromatic carbocycles. The summed E-state index contributed by atoms with van der Waals surface area (Å²) in [6.07, 6.45) is 1.92. The highest BCUT2D eigenvalue weighted by atomic mass is 79.9. The molecule has 8 nitrogen and oxygen atoms in total. The maximum Gasteiger partial charge on any atom is 0.331 e. The van der Waals surface area contributed by atoms with E-state index in [-0.39, 0.29) is 24.6 Å². The molecule has 10 heteroatoms. The highest BCUT2D eigenvalue weighted by Crippen LogP contribution is 2.19. The third kappa shape index (κ3) is 7.29. The van der Waals surface area contributed by atoms with E-state index >= 15 is 0 Å². The summed E-state index contributed by atoms with van der Waals surface area (Å²) in [6, 6.07) is 20.6. The van der Waals surface area contributed by atoms with Gasteiger partial charge in [-0.2, -0.15) is 0 Å². The van der Waals surface area contributed by atoms with Crippen LogP contribution < -0.4 is 21.9 Å². The molecule has 0 radical (unpaired) electrons. The Bertz CT molecular complexity index is 1600. The van der Waals surface area contributed by atoms with E-state index in [4.69, 9.17) is 0 Å². The summed E-state index contributed by atoms with van der Waals surface area (Å²) < 4.78 is 17.0. The third-order valence-corrected chi connectivity index (χ3v) is 6.75. The lowest BCUT2D eigenvalue weighted by atomic mass is 10.1. The minimum atomic E-state index is -0.641. The fourth-order valence-corrected chi connectivity index (χ4v) is 4.61. The predicted octanol–water partition coefficient (Wildman–Crippen LogP) is 4.23. The molecule has 0 aliphatic carbocycles. The highest BCUT2D eigenvalue weighted by molar-refractivity contribution is 9.10. The number of carbonyl (C=O) groups excluding carboxylic acids is 2. The molecule has 0 aliphatic rings.